The van der Waals surface area contributed by atoms with Crippen LogP contribution < -0.4 is 0 Å². The van der Waals surface area contributed by atoms with Gasteiger partial charge in [0.2, 0.25) is 0 Å². The van der Waals surface area contributed by atoms with E-state index in [0.29, 0.717) is 5.56 Å². The molecule has 2 N–H and O–H groups in total. The Hall–Kier alpha value is -1.16. The van der Waals surface area contributed by atoms with Gasteiger partial charge in [-0.15, -0.1) is 11.8 Å². The average Bonchev–Trinajstić information content (AvgIpc) is 2.16. The Bertz CT molecular complexity index is 349. The summed E-state index contributed by atoms with van der Waals surface area (Å²) >= 11 is 1.43. The lowest BCUT2D eigenvalue weighted by Crippen LogP contribution is -2.08. The van der Waals surface area contributed by atoms with E-state index in [1.165, 1.54) is 17.8 Å². The monoisotopic (exact) mass is 212 g/mol. The molecule has 1 rings (SSSR count). The van der Waals surface area contributed by atoms with Gasteiger partial charge in [0, 0.05) is 10.5 Å². The van der Waals surface area contributed by atoms with E-state index < -0.39 is 11.9 Å². The van der Waals surface area contributed by atoms with Gasteiger partial charge in [-0.3, -0.25) is 4.79 Å². The maximum atomic E-state index is 10.8. The van der Waals surface area contributed by atoms with Gasteiger partial charge in [-0.1, -0.05) is 6.07 Å². The predicted molar refractivity (Wildman–Crippen MR) is 55.9 cm³/mol. The van der Waals surface area contributed by atoms with Gasteiger partial charge in [-0.25, -0.2) is 0 Å². The van der Waals surface area contributed by atoms with E-state index in [9.17, 15) is 9.90 Å². The first kappa shape index (κ1) is 10.9. The minimum absolute atomic E-state index is 0.0479. The summed E-state index contributed by atoms with van der Waals surface area (Å²) in [6, 6.07) is 5.02. The molecule has 0 heterocycles. The number of carboxylic acid groups (broad SMARTS) is 1. The third-order valence-electron chi connectivity index (χ3n) is 2.07. The highest BCUT2D eigenvalue weighted by atomic mass is 32.2. The largest absolute Gasteiger partial charge is 0.508 e. The van der Waals surface area contributed by atoms with Crippen LogP contribution in [-0.2, 0) is 4.79 Å². The number of hydrogen-bond donors (Lipinski definition) is 2. The second-order valence-electron chi connectivity index (χ2n) is 2.95. The summed E-state index contributed by atoms with van der Waals surface area (Å²) in [5.74, 6) is -1.56. The third kappa shape index (κ3) is 2.01. The quantitative estimate of drug-likeness (QED) is 0.755. The van der Waals surface area contributed by atoms with Crippen LogP contribution in [0.25, 0.3) is 0 Å². The molecule has 0 aliphatic heterocycles. The van der Waals surface area contributed by atoms with Gasteiger partial charge >= 0.3 is 5.97 Å². The highest BCUT2D eigenvalue weighted by Gasteiger charge is 2.20. The van der Waals surface area contributed by atoms with E-state index in [-0.39, 0.29) is 5.75 Å². The Morgan fingerprint density at radius 1 is 1.50 bits per heavy atom. The van der Waals surface area contributed by atoms with Crippen molar-refractivity contribution in [3.8, 4) is 5.75 Å². The molecule has 0 saturated carbocycles. The topological polar surface area (TPSA) is 57.5 Å². The maximum absolute atomic E-state index is 10.8. The molecule has 4 heteroatoms. The molecule has 76 valence electrons. The molecule has 0 fully saturated rings. The van der Waals surface area contributed by atoms with E-state index in [2.05, 4.69) is 0 Å². The number of benzene rings is 1. The Kier molecular flexibility index (Phi) is 3.41. The van der Waals surface area contributed by atoms with Gasteiger partial charge in [0.25, 0.3) is 0 Å². The molecule has 0 bridgehead atoms. The van der Waals surface area contributed by atoms with Gasteiger partial charge in [-0.2, -0.15) is 0 Å². The molecule has 0 saturated heterocycles. The first-order chi connectivity index (χ1) is 6.57. The van der Waals surface area contributed by atoms with E-state index in [4.69, 9.17) is 5.11 Å². The summed E-state index contributed by atoms with van der Waals surface area (Å²) in [4.78, 5) is 11.6. The molecule has 0 aliphatic rings. The highest BCUT2D eigenvalue weighted by molar-refractivity contribution is 7.98. The molecule has 0 spiro atoms. The van der Waals surface area contributed by atoms with Crippen molar-refractivity contribution in [1.29, 1.82) is 0 Å². The zero-order valence-corrected chi connectivity index (χ0v) is 8.84. The number of rotatable bonds is 3. The van der Waals surface area contributed by atoms with E-state index in [1.807, 2.05) is 6.26 Å². The van der Waals surface area contributed by atoms with Crippen LogP contribution in [0.3, 0.4) is 0 Å². The second-order valence-corrected chi connectivity index (χ2v) is 3.80. The van der Waals surface area contributed by atoms with Gasteiger partial charge < -0.3 is 10.2 Å². The van der Waals surface area contributed by atoms with Gasteiger partial charge in [0.15, 0.2) is 0 Å². The number of carbonyl (C=O) groups is 1. The fourth-order valence-electron chi connectivity index (χ4n) is 1.27. The first-order valence-electron chi connectivity index (χ1n) is 4.16. The first-order valence-corrected chi connectivity index (χ1v) is 5.39. The molecule has 0 aliphatic carbocycles. The van der Waals surface area contributed by atoms with Crippen molar-refractivity contribution in [3.05, 3.63) is 23.8 Å². The molecule has 1 aromatic rings. The van der Waals surface area contributed by atoms with Gasteiger partial charge in [0.05, 0.1) is 5.92 Å². The zero-order chi connectivity index (χ0) is 10.7. The Morgan fingerprint density at radius 3 is 2.64 bits per heavy atom. The summed E-state index contributed by atoms with van der Waals surface area (Å²) in [5, 5.41) is 18.4. The molecule has 3 nitrogen and oxygen atoms in total. The van der Waals surface area contributed by atoms with Crippen molar-refractivity contribution >= 4 is 17.7 Å². The van der Waals surface area contributed by atoms with E-state index >= 15 is 0 Å². The minimum Gasteiger partial charge on any atom is -0.508 e. The Labute approximate surface area is 86.8 Å². The molecule has 0 amide bonds. The average molecular weight is 212 g/mol. The van der Waals surface area contributed by atoms with Crippen molar-refractivity contribution in [2.24, 2.45) is 0 Å². The second kappa shape index (κ2) is 4.37. The summed E-state index contributed by atoms with van der Waals surface area (Å²) in [6.07, 6.45) is 1.85. The Morgan fingerprint density at radius 2 is 2.14 bits per heavy atom. The standard InChI is InChI=1S/C10H12O3S/c1-6(10(12)13)9-7(11)4-3-5-8(9)14-2/h3-6,11H,1-2H3,(H,12,13). The number of aromatic hydroxyl groups is 1. The van der Waals surface area contributed by atoms with E-state index in [1.54, 1.807) is 19.1 Å². The SMILES string of the molecule is CSc1cccc(O)c1C(C)C(=O)O. The van der Waals surface area contributed by atoms with Crippen LogP contribution in [0.15, 0.2) is 23.1 Å². The maximum Gasteiger partial charge on any atom is 0.310 e. The lowest BCUT2D eigenvalue weighted by atomic mass is 10.0. The number of phenolic OH excluding ortho intramolecular Hbond substituents is 1. The van der Waals surface area contributed by atoms with Crippen LogP contribution in [0.5, 0.6) is 5.75 Å². The molecule has 0 aromatic heterocycles. The molecule has 0 radical (unpaired) electrons. The summed E-state index contributed by atoms with van der Waals surface area (Å²) in [5.41, 5.74) is 0.493. The summed E-state index contributed by atoms with van der Waals surface area (Å²) in [6.45, 7) is 1.57. The smallest absolute Gasteiger partial charge is 0.310 e. The number of thioether (sulfide) groups is 1. The fraction of sp³-hybridized carbons (Fsp3) is 0.300. The van der Waals surface area contributed by atoms with Gasteiger partial charge in [0.1, 0.15) is 5.75 Å². The molecule has 1 atom stereocenters. The Balaban J connectivity index is 3.23. The third-order valence-corrected chi connectivity index (χ3v) is 2.86. The molecule has 1 aromatic carbocycles. The number of aliphatic carboxylic acids is 1. The fourth-order valence-corrected chi connectivity index (χ4v) is 1.99. The zero-order valence-electron chi connectivity index (χ0n) is 8.02. The molecule has 14 heavy (non-hydrogen) atoms. The van der Waals surface area contributed by atoms with Gasteiger partial charge in [-0.05, 0) is 25.3 Å². The normalized spacial score (nSPS) is 12.4. The van der Waals surface area contributed by atoms with Crippen LogP contribution in [0.2, 0.25) is 0 Å². The lowest BCUT2D eigenvalue weighted by Gasteiger charge is -2.12. The van der Waals surface area contributed by atoms with Crippen molar-refractivity contribution in [1.82, 2.24) is 0 Å². The molecule has 1 unspecified atom stereocenters. The minimum atomic E-state index is -0.929. The summed E-state index contributed by atoms with van der Waals surface area (Å²) < 4.78 is 0. The number of hydrogen-bond acceptors (Lipinski definition) is 3. The van der Waals surface area contributed by atoms with Crippen LogP contribution in [-0.4, -0.2) is 22.4 Å². The van der Waals surface area contributed by atoms with E-state index in [0.717, 1.165) is 4.90 Å². The van der Waals surface area contributed by atoms with Crippen LogP contribution in [0.4, 0.5) is 0 Å². The van der Waals surface area contributed by atoms with Crippen molar-refractivity contribution in [2.45, 2.75) is 17.7 Å². The highest BCUT2D eigenvalue weighted by Crippen LogP contribution is 2.34. The van der Waals surface area contributed by atoms with Crippen LogP contribution in [0.1, 0.15) is 18.4 Å². The molecular weight excluding hydrogens is 200 g/mol. The van der Waals surface area contributed by atoms with Crippen LogP contribution in [0, 0.1) is 0 Å². The number of phenols is 1. The lowest BCUT2D eigenvalue weighted by molar-refractivity contribution is -0.138. The van der Waals surface area contributed by atoms with Crippen molar-refractivity contribution in [3.63, 3.8) is 0 Å². The van der Waals surface area contributed by atoms with Crippen molar-refractivity contribution in [2.75, 3.05) is 6.26 Å². The van der Waals surface area contributed by atoms with Crippen molar-refractivity contribution < 1.29 is 15.0 Å². The summed E-state index contributed by atoms with van der Waals surface area (Å²) in [7, 11) is 0. The van der Waals surface area contributed by atoms with Crippen LogP contribution >= 0.6 is 11.8 Å². The predicted octanol–water partition coefficient (Wildman–Crippen LogP) is 2.30. The molecular formula is C10H12O3S. The number of carboxylic acids is 1.